The molecule has 1 heterocycles. The molecule has 128 valence electrons. The Balaban J connectivity index is 1.62. The van der Waals surface area contributed by atoms with Gasteiger partial charge in [0.25, 0.3) is 5.91 Å². The number of hydrogen-bond donors (Lipinski definition) is 2. The summed E-state index contributed by atoms with van der Waals surface area (Å²) in [6, 6.07) is 7.59. The number of β-amino-alcohol motifs (C(OH)–C–C–N with tert-alkyl or cyclic N) is 1. The number of hydrogen-bond acceptors (Lipinski definition) is 4. The molecule has 0 aliphatic carbocycles. The van der Waals surface area contributed by atoms with Crippen molar-refractivity contribution in [3.8, 4) is 5.75 Å². The van der Waals surface area contributed by atoms with E-state index in [1.165, 1.54) is 12.8 Å². The van der Waals surface area contributed by atoms with E-state index in [4.69, 9.17) is 4.74 Å². The van der Waals surface area contributed by atoms with E-state index in [1.807, 2.05) is 31.2 Å². The number of rotatable bonds is 7. The van der Waals surface area contributed by atoms with Gasteiger partial charge in [0.2, 0.25) is 0 Å². The Morgan fingerprint density at radius 3 is 2.87 bits per heavy atom. The van der Waals surface area contributed by atoms with Crippen LogP contribution in [0.25, 0.3) is 0 Å². The molecule has 2 N–H and O–H groups in total. The van der Waals surface area contributed by atoms with E-state index in [1.54, 1.807) is 0 Å². The quantitative estimate of drug-likeness (QED) is 0.801. The molecule has 1 atom stereocenters. The van der Waals surface area contributed by atoms with E-state index in [2.05, 4.69) is 17.1 Å². The highest BCUT2D eigenvalue weighted by Gasteiger charge is 2.18. The summed E-state index contributed by atoms with van der Waals surface area (Å²) in [5.74, 6) is 1.25. The largest absolute Gasteiger partial charge is 0.484 e. The molecular weight excluding hydrogens is 292 g/mol. The van der Waals surface area contributed by atoms with Crippen LogP contribution in [-0.2, 0) is 4.79 Å². The van der Waals surface area contributed by atoms with Crippen molar-refractivity contribution >= 4 is 5.91 Å². The number of benzene rings is 1. The summed E-state index contributed by atoms with van der Waals surface area (Å²) in [5.41, 5.74) is 1.09. The van der Waals surface area contributed by atoms with Gasteiger partial charge in [-0.05, 0) is 56.5 Å². The van der Waals surface area contributed by atoms with Crippen LogP contribution in [0.1, 0.15) is 25.3 Å². The molecule has 0 aromatic heterocycles. The summed E-state index contributed by atoms with van der Waals surface area (Å²) in [7, 11) is 0. The average Bonchev–Trinajstić information content (AvgIpc) is 2.53. The van der Waals surface area contributed by atoms with Crippen molar-refractivity contribution in [2.24, 2.45) is 5.92 Å². The van der Waals surface area contributed by atoms with Crippen LogP contribution in [0.15, 0.2) is 24.3 Å². The molecule has 1 aliphatic heterocycles. The minimum atomic E-state index is -0.536. The van der Waals surface area contributed by atoms with Gasteiger partial charge in [0, 0.05) is 13.1 Å². The van der Waals surface area contributed by atoms with E-state index < -0.39 is 6.10 Å². The summed E-state index contributed by atoms with van der Waals surface area (Å²) in [6.45, 7) is 7.16. The zero-order valence-electron chi connectivity index (χ0n) is 14.1. The zero-order chi connectivity index (χ0) is 16.7. The number of carbonyl (C=O) groups excluding carboxylic acids is 1. The number of nitrogens with one attached hydrogen (secondary N) is 1. The van der Waals surface area contributed by atoms with Gasteiger partial charge in [-0.15, -0.1) is 0 Å². The molecule has 1 unspecified atom stereocenters. The smallest absolute Gasteiger partial charge is 0.258 e. The number of aliphatic hydroxyl groups excluding tert-OH is 1. The first-order valence-corrected chi connectivity index (χ1v) is 8.39. The molecule has 1 fully saturated rings. The van der Waals surface area contributed by atoms with Gasteiger partial charge in [0.05, 0.1) is 6.10 Å². The molecule has 23 heavy (non-hydrogen) atoms. The standard InChI is InChI=1S/C18H28N2O3/c1-14-6-8-20(9-7-14)12-16(21)11-19-18(22)13-23-17-5-3-4-15(2)10-17/h3-5,10,14,16,21H,6-9,11-13H2,1-2H3,(H,19,22). The van der Waals surface area contributed by atoms with Crippen LogP contribution < -0.4 is 10.1 Å². The van der Waals surface area contributed by atoms with Crippen LogP contribution in [0.2, 0.25) is 0 Å². The SMILES string of the molecule is Cc1cccc(OCC(=O)NCC(O)CN2CCC(C)CC2)c1. The normalized spacial score (nSPS) is 17.7. The number of nitrogens with zero attached hydrogens (tertiary/aromatic N) is 1. The summed E-state index contributed by atoms with van der Waals surface area (Å²) >= 11 is 0. The predicted octanol–water partition coefficient (Wildman–Crippen LogP) is 1.58. The maximum atomic E-state index is 11.8. The van der Waals surface area contributed by atoms with E-state index >= 15 is 0 Å². The number of amides is 1. The maximum absolute atomic E-state index is 11.8. The highest BCUT2D eigenvalue weighted by atomic mass is 16.5. The molecule has 1 aliphatic rings. The number of carbonyl (C=O) groups is 1. The summed E-state index contributed by atoms with van der Waals surface area (Å²) in [4.78, 5) is 14.0. The van der Waals surface area contributed by atoms with Gasteiger partial charge in [-0.1, -0.05) is 19.1 Å². The van der Waals surface area contributed by atoms with E-state index in [-0.39, 0.29) is 19.1 Å². The third-order valence-corrected chi connectivity index (χ3v) is 4.24. The minimum Gasteiger partial charge on any atom is -0.484 e. The number of aliphatic hydroxyl groups is 1. The van der Waals surface area contributed by atoms with Gasteiger partial charge in [-0.3, -0.25) is 4.79 Å². The second-order valence-electron chi connectivity index (χ2n) is 6.55. The van der Waals surface area contributed by atoms with E-state index in [0.717, 1.165) is 24.6 Å². The van der Waals surface area contributed by atoms with Crippen molar-refractivity contribution in [3.05, 3.63) is 29.8 Å². The lowest BCUT2D eigenvalue weighted by Crippen LogP contribution is -2.43. The lowest BCUT2D eigenvalue weighted by Gasteiger charge is -2.31. The van der Waals surface area contributed by atoms with Crippen molar-refractivity contribution in [2.75, 3.05) is 32.8 Å². The van der Waals surface area contributed by atoms with Crippen LogP contribution in [0.4, 0.5) is 0 Å². The third-order valence-electron chi connectivity index (χ3n) is 4.24. The third kappa shape index (κ3) is 6.59. The number of piperidine rings is 1. The summed E-state index contributed by atoms with van der Waals surface area (Å²) in [6.07, 6.45) is 1.83. The number of likely N-dealkylation sites (tertiary alicyclic amines) is 1. The topological polar surface area (TPSA) is 61.8 Å². The molecule has 1 aromatic rings. The molecule has 2 rings (SSSR count). The van der Waals surface area contributed by atoms with Gasteiger partial charge >= 0.3 is 0 Å². The molecule has 1 amide bonds. The fourth-order valence-electron chi connectivity index (χ4n) is 2.74. The molecule has 0 radical (unpaired) electrons. The van der Waals surface area contributed by atoms with Crippen molar-refractivity contribution in [3.63, 3.8) is 0 Å². The minimum absolute atomic E-state index is 0.0304. The van der Waals surface area contributed by atoms with Gasteiger partial charge in [-0.25, -0.2) is 0 Å². The fourth-order valence-corrected chi connectivity index (χ4v) is 2.74. The van der Waals surface area contributed by atoms with Gasteiger partial charge in [-0.2, -0.15) is 0 Å². The van der Waals surface area contributed by atoms with Crippen molar-refractivity contribution in [2.45, 2.75) is 32.8 Å². The first-order chi connectivity index (χ1) is 11.0. The molecule has 0 saturated carbocycles. The number of aryl methyl sites for hydroxylation is 1. The average molecular weight is 320 g/mol. The predicted molar refractivity (Wildman–Crippen MR) is 90.5 cm³/mol. The molecular formula is C18H28N2O3. The van der Waals surface area contributed by atoms with Gasteiger partial charge in [0.15, 0.2) is 6.61 Å². The lowest BCUT2D eigenvalue weighted by atomic mass is 9.99. The van der Waals surface area contributed by atoms with Crippen molar-refractivity contribution in [1.82, 2.24) is 10.2 Å². The first kappa shape index (κ1) is 17.8. The highest BCUT2D eigenvalue weighted by molar-refractivity contribution is 5.77. The Labute approximate surface area is 138 Å². The van der Waals surface area contributed by atoms with E-state index in [9.17, 15) is 9.90 Å². The molecule has 5 heteroatoms. The van der Waals surface area contributed by atoms with Crippen molar-refractivity contribution in [1.29, 1.82) is 0 Å². The lowest BCUT2D eigenvalue weighted by molar-refractivity contribution is -0.123. The molecule has 1 aromatic carbocycles. The van der Waals surface area contributed by atoms with Crippen LogP contribution in [0.3, 0.4) is 0 Å². The van der Waals surface area contributed by atoms with Gasteiger partial charge < -0.3 is 20.1 Å². The first-order valence-electron chi connectivity index (χ1n) is 8.39. The fraction of sp³-hybridized carbons (Fsp3) is 0.611. The van der Waals surface area contributed by atoms with Crippen LogP contribution in [0, 0.1) is 12.8 Å². The second kappa shape index (κ2) is 8.89. The maximum Gasteiger partial charge on any atom is 0.258 e. The zero-order valence-corrected chi connectivity index (χ0v) is 14.1. The van der Waals surface area contributed by atoms with Gasteiger partial charge in [0.1, 0.15) is 5.75 Å². The highest BCUT2D eigenvalue weighted by Crippen LogP contribution is 2.15. The Morgan fingerprint density at radius 1 is 1.43 bits per heavy atom. The Kier molecular flexibility index (Phi) is 6.86. The Morgan fingerprint density at radius 2 is 2.17 bits per heavy atom. The molecule has 0 spiro atoms. The molecule has 0 bridgehead atoms. The second-order valence-corrected chi connectivity index (χ2v) is 6.55. The summed E-state index contributed by atoms with van der Waals surface area (Å²) < 4.78 is 5.44. The molecule has 5 nitrogen and oxygen atoms in total. The summed E-state index contributed by atoms with van der Waals surface area (Å²) in [5, 5.41) is 12.8. The van der Waals surface area contributed by atoms with Crippen molar-refractivity contribution < 1.29 is 14.6 Å². The van der Waals surface area contributed by atoms with Crippen LogP contribution in [-0.4, -0.2) is 54.8 Å². The van der Waals surface area contributed by atoms with Crippen LogP contribution >= 0.6 is 0 Å². The Hall–Kier alpha value is -1.59. The monoisotopic (exact) mass is 320 g/mol. The Bertz CT molecular complexity index is 499. The number of ether oxygens (including phenoxy) is 1. The molecule has 1 saturated heterocycles. The van der Waals surface area contributed by atoms with E-state index in [0.29, 0.717) is 12.3 Å². The van der Waals surface area contributed by atoms with Crippen LogP contribution in [0.5, 0.6) is 5.75 Å².